The van der Waals surface area contributed by atoms with Crippen molar-refractivity contribution >= 4 is 40.4 Å². The summed E-state index contributed by atoms with van der Waals surface area (Å²) in [4.78, 5) is 5.77. The Balaban J connectivity index is 1.84. The van der Waals surface area contributed by atoms with Gasteiger partial charge in [0.1, 0.15) is 0 Å². The van der Waals surface area contributed by atoms with Gasteiger partial charge in [-0.25, -0.2) is 0 Å². The van der Waals surface area contributed by atoms with E-state index in [1.165, 1.54) is 12.8 Å². The summed E-state index contributed by atoms with van der Waals surface area (Å²) < 4.78 is 12.8. The van der Waals surface area contributed by atoms with Gasteiger partial charge in [0, 0.05) is 39.1 Å². The average Bonchev–Trinajstić information content (AvgIpc) is 3.24. The van der Waals surface area contributed by atoms with E-state index in [0.29, 0.717) is 29.7 Å². The van der Waals surface area contributed by atoms with E-state index in [1.54, 1.807) is 0 Å². The zero-order chi connectivity index (χ0) is 21.7. The zero-order valence-electron chi connectivity index (χ0n) is 18.3. The molecule has 1 aliphatic heterocycles. The van der Waals surface area contributed by atoms with Crippen molar-refractivity contribution in [2.75, 3.05) is 33.4 Å². The maximum absolute atomic E-state index is 6.38. The molecule has 0 amide bonds. The first kappa shape index (κ1) is 24.2. The highest BCUT2D eigenvalue weighted by atomic mass is 35.5. The highest BCUT2D eigenvalue weighted by Crippen LogP contribution is 2.40. The quantitative estimate of drug-likeness (QED) is 0.363. The van der Waals surface area contributed by atoms with Gasteiger partial charge < -0.3 is 14.4 Å². The largest absolute Gasteiger partial charge is 0.364 e. The van der Waals surface area contributed by atoms with E-state index < -0.39 is 5.79 Å². The van der Waals surface area contributed by atoms with Gasteiger partial charge in [0.2, 0.25) is 0 Å². The molecule has 0 bridgehead atoms. The number of likely N-dealkylation sites (tertiary alicyclic amines) is 1. The van der Waals surface area contributed by atoms with E-state index in [0.717, 1.165) is 42.9 Å². The molecule has 0 radical (unpaired) electrons. The molecule has 0 aromatic heterocycles. The van der Waals surface area contributed by atoms with Gasteiger partial charge in [-0.15, -0.1) is 0 Å². The van der Waals surface area contributed by atoms with Crippen molar-refractivity contribution in [2.45, 2.75) is 70.2 Å². The van der Waals surface area contributed by atoms with Crippen LogP contribution in [0.2, 0.25) is 10.0 Å². The Labute approximate surface area is 196 Å². The summed E-state index contributed by atoms with van der Waals surface area (Å²) >= 11 is 18.2. The van der Waals surface area contributed by atoms with Gasteiger partial charge in [0.05, 0.1) is 21.1 Å². The molecule has 1 aromatic carbocycles. The molecule has 30 heavy (non-hydrogen) atoms. The number of ether oxygens (including phenoxy) is 2. The van der Waals surface area contributed by atoms with E-state index in [-0.39, 0.29) is 12.1 Å². The second-order valence-corrected chi connectivity index (χ2v) is 9.54. The Kier molecular flexibility index (Phi) is 8.82. The summed E-state index contributed by atoms with van der Waals surface area (Å²) in [5.74, 6) is -0.565. The number of benzene rings is 1. The van der Waals surface area contributed by atoms with E-state index in [9.17, 15) is 0 Å². The summed E-state index contributed by atoms with van der Waals surface area (Å²) in [6.45, 7) is 7.60. The van der Waals surface area contributed by atoms with Crippen molar-refractivity contribution in [1.29, 1.82) is 0 Å². The van der Waals surface area contributed by atoms with Crippen LogP contribution < -0.4 is 0 Å². The summed E-state index contributed by atoms with van der Waals surface area (Å²) in [6.07, 6.45) is 6.21. The normalized spacial score (nSPS) is 24.2. The second-order valence-electron chi connectivity index (χ2n) is 8.26. The molecule has 2 fully saturated rings. The van der Waals surface area contributed by atoms with Crippen LogP contribution in [0.4, 0.5) is 0 Å². The highest BCUT2D eigenvalue weighted by Gasteiger charge is 2.52. The van der Waals surface area contributed by atoms with E-state index in [4.69, 9.17) is 44.9 Å². The Morgan fingerprint density at radius 3 is 2.40 bits per heavy atom. The summed E-state index contributed by atoms with van der Waals surface area (Å²) in [5, 5.41) is 1.14. The lowest BCUT2D eigenvalue weighted by molar-refractivity contribution is -0.285. The Hall–Kier alpha value is -0.430. The fourth-order valence-corrected chi connectivity index (χ4v) is 5.71. The van der Waals surface area contributed by atoms with Crippen LogP contribution in [0.5, 0.6) is 0 Å². The van der Waals surface area contributed by atoms with Crippen LogP contribution in [0.1, 0.15) is 51.5 Å². The molecule has 2 unspecified atom stereocenters. The number of rotatable bonds is 8. The molecule has 4 nitrogen and oxygen atoms in total. The third kappa shape index (κ3) is 5.31. The predicted octanol–water partition coefficient (Wildman–Crippen LogP) is 5.58. The van der Waals surface area contributed by atoms with Crippen LogP contribution in [-0.4, -0.2) is 66.0 Å². The van der Waals surface area contributed by atoms with Crippen LogP contribution in [0, 0.1) is 0 Å². The zero-order valence-corrected chi connectivity index (χ0v) is 20.7. The molecule has 3 rings (SSSR count). The molecule has 0 spiro atoms. The third-order valence-corrected chi connectivity index (χ3v) is 7.55. The molecular formula is C23H34Cl2N2O2S. The summed E-state index contributed by atoms with van der Waals surface area (Å²) in [6, 6.07) is 6.17. The minimum atomic E-state index is -0.565. The minimum Gasteiger partial charge on any atom is -0.364 e. The van der Waals surface area contributed by atoms with Crippen molar-refractivity contribution in [3.05, 3.63) is 33.8 Å². The minimum absolute atomic E-state index is 0.172. The van der Waals surface area contributed by atoms with Gasteiger partial charge in [-0.2, -0.15) is 0 Å². The number of thiocarbonyl (C=S) groups is 1. The SMILES string of the molecule is CCOC1(OCC)CCCC(N(C)C(=S)Cc2ccc(Cl)c(Cl)c2)C1N1CCCC1. The summed E-state index contributed by atoms with van der Waals surface area (Å²) in [7, 11) is 2.13. The Morgan fingerprint density at radius 2 is 1.80 bits per heavy atom. The number of hydrogen-bond acceptors (Lipinski definition) is 4. The van der Waals surface area contributed by atoms with Gasteiger partial charge in [0.15, 0.2) is 5.79 Å². The van der Waals surface area contributed by atoms with Crippen molar-refractivity contribution < 1.29 is 9.47 Å². The van der Waals surface area contributed by atoms with Crippen molar-refractivity contribution in [2.24, 2.45) is 0 Å². The fraction of sp³-hybridized carbons (Fsp3) is 0.696. The van der Waals surface area contributed by atoms with Gasteiger partial charge in [-0.1, -0.05) is 41.5 Å². The van der Waals surface area contributed by atoms with E-state index >= 15 is 0 Å². The lowest BCUT2D eigenvalue weighted by Crippen LogP contribution is -2.66. The molecule has 1 saturated heterocycles. The number of halogens is 2. The van der Waals surface area contributed by atoms with Crippen LogP contribution in [0.3, 0.4) is 0 Å². The Morgan fingerprint density at radius 1 is 1.13 bits per heavy atom. The highest BCUT2D eigenvalue weighted by molar-refractivity contribution is 7.80. The number of nitrogens with zero attached hydrogens (tertiary/aromatic N) is 2. The topological polar surface area (TPSA) is 24.9 Å². The standard InChI is InChI=1S/C23H34Cl2N2O2S/c1-4-28-23(29-5-2)12-8-9-20(22(23)27-13-6-7-14-27)26(3)21(30)16-17-10-11-18(24)19(25)15-17/h10-11,15,20,22H,4-9,12-14,16H2,1-3H3. The Bertz CT molecular complexity index is 716. The molecule has 1 saturated carbocycles. The smallest absolute Gasteiger partial charge is 0.185 e. The number of hydrogen-bond donors (Lipinski definition) is 0. The lowest BCUT2D eigenvalue weighted by atomic mass is 9.82. The molecule has 168 valence electrons. The second kappa shape index (κ2) is 10.9. The third-order valence-electron chi connectivity index (χ3n) is 6.38. The van der Waals surface area contributed by atoms with Gasteiger partial charge >= 0.3 is 0 Å². The van der Waals surface area contributed by atoms with Crippen LogP contribution in [0.25, 0.3) is 0 Å². The average molecular weight is 474 g/mol. The van der Waals surface area contributed by atoms with Gasteiger partial charge in [0.25, 0.3) is 0 Å². The number of likely N-dealkylation sites (N-methyl/N-ethyl adjacent to an activating group) is 1. The van der Waals surface area contributed by atoms with Crippen LogP contribution in [0.15, 0.2) is 18.2 Å². The maximum Gasteiger partial charge on any atom is 0.185 e. The van der Waals surface area contributed by atoms with Crippen molar-refractivity contribution in [3.8, 4) is 0 Å². The van der Waals surface area contributed by atoms with Crippen LogP contribution in [-0.2, 0) is 15.9 Å². The monoisotopic (exact) mass is 472 g/mol. The predicted molar refractivity (Wildman–Crippen MR) is 129 cm³/mol. The molecule has 2 aliphatic rings. The summed E-state index contributed by atoms with van der Waals surface area (Å²) in [5.41, 5.74) is 1.08. The molecular weight excluding hydrogens is 439 g/mol. The van der Waals surface area contributed by atoms with Crippen LogP contribution >= 0.6 is 35.4 Å². The molecule has 1 heterocycles. The first-order valence-corrected chi connectivity index (χ1v) is 12.3. The first-order chi connectivity index (χ1) is 14.4. The van der Waals surface area contributed by atoms with Crippen molar-refractivity contribution in [1.82, 2.24) is 9.80 Å². The molecule has 7 heteroatoms. The molecule has 0 N–H and O–H groups in total. The molecule has 1 aliphatic carbocycles. The fourth-order valence-electron chi connectivity index (χ4n) is 5.08. The maximum atomic E-state index is 6.38. The van der Waals surface area contributed by atoms with E-state index in [2.05, 4.69) is 30.7 Å². The van der Waals surface area contributed by atoms with Gasteiger partial charge in [-0.3, -0.25) is 4.90 Å². The molecule has 1 aromatic rings. The van der Waals surface area contributed by atoms with Gasteiger partial charge in [-0.05, 0) is 70.3 Å². The first-order valence-electron chi connectivity index (χ1n) is 11.1. The molecule has 2 atom stereocenters. The van der Waals surface area contributed by atoms with Crippen molar-refractivity contribution in [3.63, 3.8) is 0 Å². The van der Waals surface area contributed by atoms with E-state index in [1.807, 2.05) is 18.2 Å². The lowest BCUT2D eigenvalue weighted by Gasteiger charge is -2.53.